The Morgan fingerprint density at radius 3 is 2.96 bits per heavy atom. The number of hydrogen-bond acceptors (Lipinski definition) is 7. The maximum atomic E-state index is 12.3. The van der Waals surface area contributed by atoms with Crippen LogP contribution in [0.1, 0.15) is 0 Å². The van der Waals surface area contributed by atoms with E-state index in [1.807, 2.05) is 30.3 Å². The van der Waals surface area contributed by atoms with E-state index < -0.39 is 6.10 Å². The summed E-state index contributed by atoms with van der Waals surface area (Å²) in [7, 11) is 1.62. The number of methoxy groups -OCH3 is 1. The van der Waals surface area contributed by atoms with E-state index in [0.717, 1.165) is 16.0 Å². The van der Waals surface area contributed by atoms with Gasteiger partial charge < -0.3 is 14.2 Å². The predicted octanol–water partition coefficient (Wildman–Crippen LogP) is 2.59. The number of nitrogens with zero attached hydrogens (tertiary/aromatic N) is 1. The van der Waals surface area contributed by atoms with Crippen LogP contribution in [0.25, 0.3) is 10.2 Å². The molecule has 0 unspecified atom stereocenters. The van der Waals surface area contributed by atoms with E-state index in [1.165, 1.54) is 11.3 Å². The molecule has 3 aromatic rings. The van der Waals surface area contributed by atoms with Gasteiger partial charge in [-0.05, 0) is 30.3 Å². The first-order chi connectivity index (χ1) is 12.2. The predicted molar refractivity (Wildman–Crippen MR) is 94.3 cm³/mol. The van der Waals surface area contributed by atoms with E-state index in [-0.39, 0.29) is 12.5 Å². The third-order valence-electron chi connectivity index (χ3n) is 3.69. The zero-order chi connectivity index (χ0) is 17.2. The van der Waals surface area contributed by atoms with Crippen molar-refractivity contribution < 1.29 is 19.0 Å². The molecule has 7 nitrogen and oxygen atoms in total. The third-order valence-corrected chi connectivity index (χ3v) is 4.62. The van der Waals surface area contributed by atoms with Crippen LogP contribution < -0.4 is 25.1 Å². The van der Waals surface area contributed by atoms with Crippen molar-refractivity contribution in [1.29, 1.82) is 0 Å². The van der Waals surface area contributed by atoms with E-state index in [0.29, 0.717) is 16.6 Å². The van der Waals surface area contributed by atoms with E-state index in [1.54, 1.807) is 19.2 Å². The van der Waals surface area contributed by atoms with Crippen molar-refractivity contribution in [3.63, 3.8) is 0 Å². The molecular formula is C17H15N3O4S. The molecule has 0 bridgehead atoms. The zero-order valence-electron chi connectivity index (χ0n) is 13.3. The first-order valence-corrected chi connectivity index (χ1v) is 8.43. The summed E-state index contributed by atoms with van der Waals surface area (Å²) in [5.41, 5.74) is 6.26. The van der Waals surface area contributed by atoms with Gasteiger partial charge in [-0.2, -0.15) is 0 Å². The van der Waals surface area contributed by atoms with Gasteiger partial charge in [-0.25, -0.2) is 4.98 Å². The van der Waals surface area contributed by atoms with Crippen LogP contribution in [0.5, 0.6) is 17.2 Å². The Balaban J connectivity index is 1.40. The van der Waals surface area contributed by atoms with E-state index in [2.05, 4.69) is 15.8 Å². The fourth-order valence-electron chi connectivity index (χ4n) is 2.43. The van der Waals surface area contributed by atoms with Gasteiger partial charge in [-0.15, -0.1) is 0 Å². The molecule has 1 aliphatic rings. The lowest BCUT2D eigenvalue weighted by Crippen LogP contribution is -2.45. The highest BCUT2D eigenvalue weighted by Crippen LogP contribution is 2.31. The van der Waals surface area contributed by atoms with Crippen LogP contribution in [-0.4, -0.2) is 30.7 Å². The minimum Gasteiger partial charge on any atom is -0.497 e. The SMILES string of the molecule is COc1ccc2nc(NNC(=O)[C@@H]3COc4ccccc4O3)sc2c1. The number of benzene rings is 2. The van der Waals surface area contributed by atoms with Gasteiger partial charge in [0.05, 0.1) is 17.3 Å². The summed E-state index contributed by atoms with van der Waals surface area (Å²) in [6.45, 7) is 0.154. The number of aromatic nitrogens is 1. The second-order valence-electron chi connectivity index (χ2n) is 5.33. The molecule has 0 saturated heterocycles. The van der Waals surface area contributed by atoms with Crippen molar-refractivity contribution in [2.24, 2.45) is 0 Å². The lowest BCUT2D eigenvalue weighted by Gasteiger charge is -2.25. The van der Waals surface area contributed by atoms with E-state index in [9.17, 15) is 4.79 Å². The van der Waals surface area contributed by atoms with Gasteiger partial charge in [0, 0.05) is 0 Å². The van der Waals surface area contributed by atoms with E-state index in [4.69, 9.17) is 14.2 Å². The molecule has 1 aromatic heterocycles. The summed E-state index contributed by atoms with van der Waals surface area (Å²) in [5, 5.41) is 0.578. The van der Waals surface area contributed by atoms with Crippen molar-refractivity contribution in [3.8, 4) is 17.2 Å². The molecule has 0 saturated carbocycles. The number of fused-ring (bicyclic) bond motifs is 2. The van der Waals surface area contributed by atoms with Crippen LogP contribution in [0.4, 0.5) is 5.13 Å². The number of hydrogen-bond donors (Lipinski definition) is 2. The molecule has 0 spiro atoms. The van der Waals surface area contributed by atoms with Gasteiger partial charge in [0.25, 0.3) is 5.91 Å². The summed E-state index contributed by atoms with van der Waals surface area (Å²) < 4.78 is 17.4. The van der Waals surface area contributed by atoms with Gasteiger partial charge in [0.2, 0.25) is 11.2 Å². The number of hydrazine groups is 1. The Labute approximate surface area is 147 Å². The number of carbonyl (C=O) groups is 1. The number of thiazole rings is 1. The maximum Gasteiger partial charge on any atom is 0.283 e. The average molecular weight is 357 g/mol. The minimum absolute atomic E-state index is 0.154. The lowest BCUT2D eigenvalue weighted by atomic mass is 10.2. The molecule has 0 fully saturated rings. The molecule has 8 heteroatoms. The quantitative estimate of drug-likeness (QED) is 0.699. The molecule has 1 amide bonds. The lowest BCUT2D eigenvalue weighted by molar-refractivity contribution is -0.129. The molecule has 2 heterocycles. The van der Waals surface area contributed by atoms with Crippen LogP contribution >= 0.6 is 11.3 Å². The fraction of sp³-hybridized carbons (Fsp3) is 0.176. The Morgan fingerprint density at radius 2 is 2.12 bits per heavy atom. The average Bonchev–Trinajstić information content (AvgIpc) is 3.07. The van der Waals surface area contributed by atoms with Crippen LogP contribution in [0.2, 0.25) is 0 Å². The topological polar surface area (TPSA) is 81.7 Å². The van der Waals surface area contributed by atoms with E-state index >= 15 is 0 Å². The maximum absolute atomic E-state index is 12.3. The van der Waals surface area contributed by atoms with Gasteiger partial charge in [0.1, 0.15) is 12.4 Å². The van der Waals surface area contributed by atoms with Gasteiger partial charge in [-0.1, -0.05) is 23.5 Å². The molecule has 0 radical (unpaired) electrons. The Bertz CT molecular complexity index is 927. The highest BCUT2D eigenvalue weighted by Gasteiger charge is 2.27. The van der Waals surface area contributed by atoms with Crippen LogP contribution in [-0.2, 0) is 4.79 Å². The largest absolute Gasteiger partial charge is 0.497 e. The Morgan fingerprint density at radius 1 is 1.28 bits per heavy atom. The number of para-hydroxylation sites is 2. The van der Waals surface area contributed by atoms with Gasteiger partial charge in [-0.3, -0.25) is 15.6 Å². The van der Waals surface area contributed by atoms with Gasteiger partial charge >= 0.3 is 0 Å². The first-order valence-electron chi connectivity index (χ1n) is 7.62. The summed E-state index contributed by atoms with van der Waals surface area (Å²) in [6.07, 6.45) is -0.725. The first kappa shape index (κ1) is 15.5. The molecule has 1 atom stereocenters. The Kier molecular flexibility index (Phi) is 4.02. The highest BCUT2D eigenvalue weighted by atomic mass is 32.1. The van der Waals surface area contributed by atoms with Crippen LogP contribution in [0, 0.1) is 0 Å². The number of carbonyl (C=O) groups excluding carboxylic acids is 1. The van der Waals surface area contributed by atoms with Crippen molar-refractivity contribution in [3.05, 3.63) is 42.5 Å². The van der Waals surface area contributed by atoms with Crippen molar-refractivity contribution in [2.75, 3.05) is 19.1 Å². The molecular weight excluding hydrogens is 342 g/mol. The Hall–Kier alpha value is -3.00. The van der Waals surface area contributed by atoms with Crippen molar-refractivity contribution >= 4 is 32.6 Å². The normalized spacial score (nSPS) is 15.6. The second-order valence-corrected chi connectivity index (χ2v) is 6.36. The minimum atomic E-state index is -0.725. The molecule has 25 heavy (non-hydrogen) atoms. The molecule has 2 N–H and O–H groups in total. The number of rotatable bonds is 4. The van der Waals surface area contributed by atoms with Crippen molar-refractivity contribution in [2.45, 2.75) is 6.10 Å². The monoisotopic (exact) mass is 357 g/mol. The van der Waals surface area contributed by atoms with Crippen LogP contribution in [0.3, 0.4) is 0 Å². The summed E-state index contributed by atoms with van der Waals surface area (Å²) in [6, 6.07) is 12.9. The molecule has 128 valence electrons. The van der Waals surface area contributed by atoms with Crippen LogP contribution in [0.15, 0.2) is 42.5 Å². The van der Waals surface area contributed by atoms with Crippen molar-refractivity contribution in [1.82, 2.24) is 10.4 Å². The summed E-state index contributed by atoms with van der Waals surface area (Å²) in [4.78, 5) is 16.7. The second kappa shape index (κ2) is 6.48. The smallest absolute Gasteiger partial charge is 0.283 e. The zero-order valence-corrected chi connectivity index (χ0v) is 14.1. The molecule has 4 rings (SSSR count). The standard InChI is InChI=1S/C17H15N3O4S/c1-22-10-6-7-11-15(8-10)25-17(18-11)20-19-16(21)14-9-23-12-4-2-3-5-13(12)24-14/h2-8,14H,9H2,1H3,(H,18,20)(H,19,21)/t14-/m0/s1. The highest BCUT2D eigenvalue weighted by molar-refractivity contribution is 7.22. The third kappa shape index (κ3) is 3.16. The molecule has 2 aromatic carbocycles. The number of nitrogens with one attached hydrogen (secondary N) is 2. The summed E-state index contributed by atoms with van der Waals surface area (Å²) >= 11 is 1.42. The molecule has 1 aliphatic heterocycles. The number of anilines is 1. The fourth-order valence-corrected chi connectivity index (χ4v) is 3.28. The number of ether oxygens (including phenoxy) is 3. The summed E-state index contributed by atoms with van der Waals surface area (Å²) in [5.74, 6) is 1.63. The number of amides is 1. The van der Waals surface area contributed by atoms with Gasteiger partial charge in [0.15, 0.2) is 11.5 Å². The molecule has 0 aliphatic carbocycles.